The first-order chi connectivity index (χ1) is 11.4. The van der Waals surface area contributed by atoms with E-state index in [4.69, 9.17) is 8.83 Å². The monoisotopic (exact) mass is 332 g/mol. The van der Waals surface area contributed by atoms with Crippen LogP contribution in [0.2, 0.25) is 0 Å². The van der Waals surface area contributed by atoms with E-state index in [-0.39, 0.29) is 24.3 Å². The van der Waals surface area contributed by atoms with Gasteiger partial charge in [-0.25, -0.2) is 0 Å². The summed E-state index contributed by atoms with van der Waals surface area (Å²) in [6.45, 7) is 8.15. The van der Waals surface area contributed by atoms with E-state index in [1.54, 1.807) is 36.3 Å². The lowest BCUT2D eigenvalue weighted by Gasteiger charge is -2.26. The highest BCUT2D eigenvalue weighted by atomic mass is 16.3. The first kappa shape index (κ1) is 17.8. The smallest absolute Gasteiger partial charge is 0.257 e. The van der Waals surface area contributed by atoms with E-state index in [9.17, 15) is 9.59 Å². The summed E-state index contributed by atoms with van der Waals surface area (Å²) in [6, 6.07) is 5.30. The second-order valence-corrected chi connectivity index (χ2v) is 6.03. The normalized spacial score (nSPS) is 10.9. The van der Waals surface area contributed by atoms with E-state index < -0.39 is 0 Å². The molecule has 0 saturated heterocycles. The van der Waals surface area contributed by atoms with E-state index in [2.05, 4.69) is 5.32 Å². The number of aryl methyl sites for hydroxylation is 2. The van der Waals surface area contributed by atoms with Crippen LogP contribution >= 0.6 is 0 Å². The zero-order valence-corrected chi connectivity index (χ0v) is 14.6. The van der Waals surface area contributed by atoms with Crippen LogP contribution in [-0.4, -0.2) is 29.3 Å². The van der Waals surface area contributed by atoms with Gasteiger partial charge in [0.2, 0.25) is 5.91 Å². The molecule has 1 N–H and O–H groups in total. The van der Waals surface area contributed by atoms with Gasteiger partial charge in [-0.1, -0.05) is 0 Å². The van der Waals surface area contributed by atoms with Gasteiger partial charge in [0.25, 0.3) is 5.91 Å². The summed E-state index contributed by atoms with van der Waals surface area (Å²) < 4.78 is 10.6. The zero-order chi connectivity index (χ0) is 17.7. The Bertz CT molecular complexity index is 686. The number of nitrogens with one attached hydrogen (secondary N) is 1. The fourth-order valence-corrected chi connectivity index (χ4v) is 2.50. The summed E-state index contributed by atoms with van der Waals surface area (Å²) in [5, 5.41) is 2.78. The topological polar surface area (TPSA) is 75.7 Å². The van der Waals surface area contributed by atoms with Crippen LogP contribution in [0.15, 0.2) is 33.3 Å². The molecule has 2 heterocycles. The van der Waals surface area contributed by atoms with Gasteiger partial charge in [-0.15, -0.1) is 0 Å². The second kappa shape index (κ2) is 7.86. The molecular formula is C18H24N2O4. The van der Waals surface area contributed by atoms with Gasteiger partial charge in [-0.3, -0.25) is 9.59 Å². The molecule has 0 bridgehead atoms. The molecule has 0 fully saturated rings. The first-order valence-electron chi connectivity index (χ1n) is 8.05. The van der Waals surface area contributed by atoms with Gasteiger partial charge in [0.15, 0.2) is 0 Å². The van der Waals surface area contributed by atoms with Crippen LogP contribution < -0.4 is 5.32 Å². The van der Waals surface area contributed by atoms with E-state index >= 15 is 0 Å². The third-order valence-electron chi connectivity index (χ3n) is 3.78. The number of amides is 2. The van der Waals surface area contributed by atoms with Gasteiger partial charge in [-0.2, -0.15) is 0 Å². The van der Waals surface area contributed by atoms with Gasteiger partial charge in [0, 0.05) is 19.0 Å². The van der Waals surface area contributed by atoms with Crippen LogP contribution in [0.1, 0.15) is 47.9 Å². The van der Waals surface area contributed by atoms with Gasteiger partial charge < -0.3 is 19.1 Å². The lowest BCUT2D eigenvalue weighted by molar-refractivity contribution is -0.121. The predicted molar refractivity (Wildman–Crippen MR) is 89.5 cm³/mol. The number of nitrogens with zero attached hydrogens (tertiary/aromatic N) is 1. The quantitative estimate of drug-likeness (QED) is 0.845. The van der Waals surface area contributed by atoms with Crippen molar-refractivity contribution < 1.29 is 18.4 Å². The number of carbonyl (C=O) groups excluding carboxylic acids is 2. The fourth-order valence-electron chi connectivity index (χ4n) is 2.50. The molecule has 130 valence electrons. The molecule has 2 aromatic rings. The molecule has 2 amide bonds. The largest absolute Gasteiger partial charge is 0.467 e. The van der Waals surface area contributed by atoms with Crippen LogP contribution in [0.25, 0.3) is 0 Å². The van der Waals surface area contributed by atoms with Crippen LogP contribution in [0, 0.1) is 13.8 Å². The van der Waals surface area contributed by atoms with Crippen molar-refractivity contribution in [3.05, 3.63) is 47.3 Å². The summed E-state index contributed by atoms with van der Waals surface area (Å²) in [7, 11) is 0. The molecule has 2 rings (SSSR count). The van der Waals surface area contributed by atoms with Crippen molar-refractivity contribution in [2.24, 2.45) is 0 Å². The molecule has 6 heteroatoms. The van der Waals surface area contributed by atoms with Crippen molar-refractivity contribution in [2.75, 3.05) is 6.54 Å². The van der Waals surface area contributed by atoms with Crippen molar-refractivity contribution in [1.82, 2.24) is 10.2 Å². The maximum absolute atomic E-state index is 12.7. The molecule has 0 saturated carbocycles. The maximum atomic E-state index is 12.7. The van der Waals surface area contributed by atoms with Gasteiger partial charge in [0.1, 0.15) is 17.3 Å². The minimum atomic E-state index is -0.120. The van der Waals surface area contributed by atoms with E-state index in [0.29, 0.717) is 35.9 Å². The lowest BCUT2D eigenvalue weighted by atomic mass is 10.1. The molecule has 2 aromatic heterocycles. The summed E-state index contributed by atoms with van der Waals surface area (Å²) in [5.74, 6) is 1.77. The molecule has 0 atom stereocenters. The Kier molecular flexibility index (Phi) is 5.84. The molecule has 0 radical (unpaired) electrons. The Morgan fingerprint density at radius 2 is 2.04 bits per heavy atom. The summed E-state index contributed by atoms with van der Waals surface area (Å²) in [6.07, 6.45) is 1.80. The fraction of sp³-hybridized carbons (Fsp3) is 0.444. The Balaban J connectivity index is 1.92. The molecule has 0 unspecified atom stereocenters. The maximum Gasteiger partial charge on any atom is 0.257 e. The number of hydrogen-bond donors (Lipinski definition) is 1. The summed E-state index contributed by atoms with van der Waals surface area (Å²) >= 11 is 0. The molecule has 0 spiro atoms. The highest BCUT2D eigenvalue weighted by Gasteiger charge is 2.23. The zero-order valence-electron chi connectivity index (χ0n) is 14.6. The van der Waals surface area contributed by atoms with Gasteiger partial charge >= 0.3 is 0 Å². The van der Waals surface area contributed by atoms with Crippen molar-refractivity contribution in [1.29, 1.82) is 0 Å². The van der Waals surface area contributed by atoms with Crippen LogP contribution in [0.3, 0.4) is 0 Å². The third kappa shape index (κ3) is 4.50. The lowest BCUT2D eigenvalue weighted by Crippen LogP contribution is -2.39. The van der Waals surface area contributed by atoms with Crippen LogP contribution in [0.5, 0.6) is 0 Å². The minimum absolute atomic E-state index is 0.00928. The predicted octanol–water partition coefficient (Wildman–Crippen LogP) is 3.05. The number of furan rings is 2. The number of rotatable bonds is 7. The molecule has 0 aromatic carbocycles. The molecule has 0 aliphatic rings. The van der Waals surface area contributed by atoms with Crippen molar-refractivity contribution >= 4 is 11.8 Å². The summed E-state index contributed by atoms with van der Waals surface area (Å²) in [5.41, 5.74) is 0.553. The second-order valence-electron chi connectivity index (χ2n) is 6.03. The third-order valence-corrected chi connectivity index (χ3v) is 3.78. The Labute approximate surface area is 141 Å². The Morgan fingerprint density at radius 1 is 1.29 bits per heavy atom. The minimum Gasteiger partial charge on any atom is -0.467 e. The van der Waals surface area contributed by atoms with E-state index in [1.165, 1.54) is 0 Å². The Morgan fingerprint density at radius 3 is 2.58 bits per heavy atom. The summed E-state index contributed by atoms with van der Waals surface area (Å²) in [4.78, 5) is 26.4. The average Bonchev–Trinajstić information content (AvgIpc) is 3.14. The van der Waals surface area contributed by atoms with Gasteiger partial charge in [0.05, 0.1) is 18.4 Å². The SMILES string of the molecule is Cc1cc(C(=O)N(CCC(=O)NCc2ccco2)C(C)C)c(C)o1. The Hall–Kier alpha value is -2.50. The highest BCUT2D eigenvalue weighted by molar-refractivity contribution is 5.95. The van der Waals surface area contributed by atoms with Crippen LogP contribution in [-0.2, 0) is 11.3 Å². The molecule has 0 aliphatic carbocycles. The van der Waals surface area contributed by atoms with Crippen molar-refractivity contribution in [2.45, 2.75) is 46.7 Å². The first-order valence-corrected chi connectivity index (χ1v) is 8.05. The standard InChI is InChI=1S/C18H24N2O4/c1-12(2)20(18(22)16-10-13(3)24-14(16)4)8-7-17(21)19-11-15-6-5-9-23-15/h5-6,9-10,12H,7-8,11H2,1-4H3,(H,19,21). The van der Waals surface area contributed by atoms with Gasteiger partial charge in [-0.05, 0) is 45.9 Å². The molecular weight excluding hydrogens is 308 g/mol. The molecule has 24 heavy (non-hydrogen) atoms. The molecule has 6 nitrogen and oxygen atoms in total. The van der Waals surface area contributed by atoms with Crippen molar-refractivity contribution in [3.8, 4) is 0 Å². The average molecular weight is 332 g/mol. The van der Waals surface area contributed by atoms with E-state index in [1.807, 2.05) is 20.8 Å². The number of hydrogen-bond acceptors (Lipinski definition) is 4. The molecule has 0 aliphatic heterocycles. The highest BCUT2D eigenvalue weighted by Crippen LogP contribution is 2.17. The van der Waals surface area contributed by atoms with E-state index in [0.717, 1.165) is 0 Å². The number of carbonyl (C=O) groups is 2. The van der Waals surface area contributed by atoms with Crippen molar-refractivity contribution in [3.63, 3.8) is 0 Å². The van der Waals surface area contributed by atoms with Crippen LogP contribution in [0.4, 0.5) is 0 Å².